The second-order valence-electron chi connectivity index (χ2n) is 8.82. The predicted molar refractivity (Wildman–Crippen MR) is 134 cm³/mol. The highest BCUT2D eigenvalue weighted by Crippen LogP contribution is 2.30. The molecule has 1 heterocycles. The lowest BCUT2D eigenvalue weighted by atomic mass is 9.96. The van der Waals surface area contributed by atoms with Crippen LogP contribution in [0.3, 0.4) is 0 Å². The number of carbonyl (C=O) groups is 1. The lowest BCUT2D eigenvalue weighted by molar-refractivity contribution is 0.0894. The molecule has 0 aromatic heterocycles. The third kappa shape index (κ3) is 6.31. The summed E-state index contributed by atoms with van der Waals surface area (Å²) in [5, 5.41) is 0. The maximum absolute atomic E-state index is 15.6. The summed E-state index contributed by atoms with van der Waals surface area (Å²) in [4.78, 5) is 14.1. The largest absolute Gasteiger partial charge is 0.445 e. The average molecular weight is 533 g/mol. The number of hydrogen-bond donors (Lipinski definition) is 1. The van der Waals surface area contributed by atoms with Crippen LogP contribution in [0.5, 0.6) is 0 Å². The molecule has 37 heavy (non-hydrogen) atoms. The van der Waals surface area contributed by atoms with E-state index in [2.05, 4.69) is 4.72 Å². The molecule has 3 atom stereocenters. The summed E-state index contributed by atoms with van der Waals surface area (Å²) in [5.74, 6) is -1.48. The van der Waals surface area contributed by atoms with E-state index >= 15 is 8.78 Å². The summed E-state index contributed by atoms with van der Waals surface area (Å²) in [6, 6.07) is 16.5. The first-order valence-electron chi connectivity index (χ1n) is 11.8. The van der Waals surface area contributed by atoms with Crippen molar-refractivity contribution in [1.29, 1.82) is 0 Å². The number of nitrogens with zero attached hydrogens (tertiary/aromatic N) is 1. The number of rotatable bonds is 8. The highest BCUT2D eigenvalue weighted by molar-refractivity contribution is 7.89. The molecule has 0 unspecified atom stereocenters. The van der Waals surface area contributed by atoms with Gasteiger partial charge in [0, 0.05) is 5.56 Å². The van der Waals surface area contributed by atoms with E-state index in [0.717, 1.165) is 10.5 Å². The Kier molecular flexibility index (Phi) is 8.19. The Morgan fingerprint density at radius 3 is 2.49 bits per heavy atom. The number of nitrogens with one attached hydrogen (secondary N) is 1. The average Bonchev–Trinajstić information content (AvgIpc) is 3.18. The Hall–Kier alpha value is -3.37. The monoisotopic (exact) mass is 532 g/mol. The number of amides is 1. The van der Waals surface area contributed by atoms with E-state index in [1.54, 1.807) is 36.4 Å². The van der Waals surface area contributed by atoms with Crippen LogP contribution in [-0.4, -0.2) is 50.0 Å². The minimum Gasteiger partial charge on any atom is -0.445 e. The smallest absolute Gasteiger partial charge is 0.410 e. The van der Waals surface area contributed by atoms with Gasteiger partial charge in [0.15, 0.2) is 0 Å². The Labute approximate surface area is 214 Å². The molecule has 0 spiro atoms. The van der Waals surface area contributed by atoms with Gasteiger partial charge in [-0.2, -0.15) is 0 Å². The molecule has 6 nitrogen and oxygen atoms in total. The second kappa shape index (κ2) is 11.4. The number of benzene rings is 3. The molecule has 4 rings (SSSR count). The van der Waals surface area contributed by atoms with Gasteiger partial charge in [-0.05, 0) is 42.2 Å². The summed E-state index contributed by atoms with van der Waals surface area (Å²) in [6.45, 7) is 0.933. The molecule has 0 bridgehead atoms. The van der Waals surface area contributed by atoms with Crippen LogP contribution >= 0.6 is 0 Å². The lowest BCUT2D eigenvalue weighted by Crippen LogP contribution is -2.50. The summed E-state index contributed by atoms with van der Waals surface area (Å²) in [7, 11) is -3.84. The maximum atomic E-state index is 15.6. The van der Waals surface area contributed by atoms with E-state index in [4.69, 9.17) is 4.74 Å². The molecule has 1 aliphatic heterocycles. The van der Waals surface area contributed by atoms with Gasteiger partial charge < -0.3 is 9.64 Å². The van der Waals surface area contributed by atoms with Crippen molar-refractivity contribution < 1.29 is 31.1 Å². The van der Waals surface area contributed by atoms with Gasteiger partial charge >= 0.3 is 6.09 Å². The summed E-state index contributed by atoms with van der Waals surface area (Å²) >= 11 is 0. The highest BCUT2D eigenvalue weighted by Gasteiger charge is 2.47. The van der Waals surface area contributed by atoms with Crippen LogP contribution in [0.15, 0.2) is 72.8 Å². The fraction of sp³-hybridized carbons (Fsp3) is 0.296. The van der Waals surface area contributed by atoms with Gasteiger partial charge in [-0.1, -0.05) is 60.7 Å². The first-order chi connectivity index (χ1) is 17.7. The quantitative estimate of drug-likeness (QED) is 0.451. The van der Waals surface area contributed by atoms with E-state index in [-0.39, 0.29) is 29.9 Å². The minimum absolute atomic E-state index is 0.0609. The predicted octanol–water partition coefficient (Wildman–Crippen LogP) is 4.84. The van der Waals surface area contributed by atoms with Gasteiger partial charge in [0.1, 0.15) is 24.4 Å². The van der Waals surface area contributed by atoms with E-state index in [0.29, 0.717) is 5.56 Å². The van der Waals surface area contributed by atoms with Crippen molar-refractivity contribution in [3.63, 3.8) is 0 Å². The zero-order valence-corrected chi connectivity index (χ0v) is 20.9. The van der Waals surface area contributed by atoms with Crippen molar-refractivity contribution in [3.8, 4) is 11.1 Å². The molecule has 10 heteroatoms. The molecular formula is C27H27F3N2O4S. The van der Waals surface area contributed by atoms with Gasteiger partial charge in [0.25, 0.3) is 0 Å². The number of hydrogen-bond acceptors (Lipinski definition) is 4. The van der Waals surface area contributed by atoms with Gasteiger partial charge in [-0.25, -0.2) is 31.1 Å². The maximum Gasteiger partial charge on any atom is 0.410 e. The van der Waals surface area contributed by atoms with Crippen molar-refractivity contribution in [2.45, 2.75) is 38.2 Å². The molecule has 0 aliphatic carbocycles. The first kappa shape index (κ1) is 26.7. The lowest BCUT2D eigenvalue weighted by Gasteiger charge is -2.28. The van der Waals surface area contributed by atoms with Crippen LogP contribution in [-0.2, 0) is 27.8 Å². The number of carbonyl (C=O) groups excluding carboxylic acids is 1. The Morgan fingerprint density at radius 1 is 1.05 bits per heavy atom. The van der Waals surface area contributed by atoms with Crippen LogP contribution in [0.4, 0.5) is 18.0 Å². The van der Waals surface area contributed by atoms with Crippen LogP contribution in [0.2, 0.25) is 0 Å². The topological polar surface area (TPSA) is 75.7 Å². The number of ether oxygens (including phenoxy) is 1. The number of likely N-dealkylation sites (tertiary alicyclic amines) is 1. The number of sulfonamides is 1. The Balaban J connectivity index is 1.63. The summed E-state index contributed by atoms with van der Waals surface area (Å²) in [5.41, 5.74) is 1.30. The number of halogens is 3. The summed E-state index contributed by atoms with van der Waals surface area (Å²) in [6.07, 6.45) is -2.76. The van der Waals surface area contributed by atoms with Crippen molar-refractivity contribution in [1.82, 2.24) is 9.62 Å². The fourth-order valence-electron chi connectivity index (χ4n) is 4.41. The zero-order chi connectivity index (χ0) is 26.6. The second-order valence-corrected chi connectivity index (χ2v) is 10.9. The molecule has 0 saturated carbocycles. The van der Waals surface area contributed by atoms with Crippen LogP contribution in [0.1, 0.15) is 18.1 Å². The van der Waals surface area contributed by atoms with Crippen LogP contribution in [0.25, 0.3) is 11.1 Å². The van der Waals surface area contributed by atoms with Crippen molar-refractivity contribution in [2.75, 3.05) is 12.3 Å². The molecule has 1 amide bonds. The fourth-order valence-corrected chi connectivity index (χ4v) is 5.29. The van der Waals surface area contributed by atoms with Crippen LogP contribution < -0.4 is 4.72 Å². The van der Waals surface area contributed by atoms with E-state index < -0.39 is 52.6 Å². The van der Waals surface area contributed by atoms with E-state index in [1.807, 2.05) is 6.07 Å². The SMILES string of the molecule is CCS(=O)(=O)N[C@H]1[C@@H](F)CN(C(=O)OCc2ccccc2)[C@H]1Cc1cccc(-c2cccc(F)c2)c1F. The molecule has 3 aromatic carbocycles. The van der Waals surface area contributed by atoms with Crippen molar-refractivity contribution in [2.24, 2.45) is 0 Å². The minimum atomic E-state index is -3.84. The molecular weight excluding hydrogens is 505 g/mol. The first-order valence-corrected chi connectivity index (χ1v) is 13.5. The molecule has 1 N–H and O–H groups in total. The van der Waals surface area contributed by atoms with E-state index in [1.165, 1.54) is 37.3 Å². The van der Waals surface area contributed by atoms with Gasteiger partial charge in [0.05, 0.1) is 24.4 Å². The third-order valence-electron chi connectivity index (χ3n) is 6.35. The molecule has 196 valence electrons. The molecule has 3 aromatic rings. The standard InChI is InChI=1S/C27H27F3N2O4S/c1-2-37(34,35)31-26-23(29)16-32(27(33)36-17-18-8-4-3-5-9-18)24(26)15-20-11-7-13-22(25(20)30)19-10-6-12-21(28)14-19/h3-14,23-24,26,31H,2,15-17H2,1H3/t23-,24-,26-/m0/s1. The van der Waals surface area contributed by atoms with Gasteiger partial charge in [-0.15, -0.1) is 0 Å². The highest BCUT2D eigenvalue weighted by atomic mass is 32.2. The zero-order valence-electron chi connectivity index (χ0n) is 20.1. The van der Waals surface area contributed by atoms with Gasteiger partial charge in [-0.3, -0.25) is 0 Å². The molecule has 0 radical (unpaired) electrons. The van der Waals surface area contributed by atoms with Crippen LogP contribution in [0, 0.1) is 11.6 Å². The van der Waals surface area contributed by atoms with E-state index in [9.17, 15) is 17.6 Å². The van der Waals surface area contributed by atoms with Crippen molar-refractivity contribution >= 4 is 16.1 Å². The number of alkyl halides is 1. The van der Waals surface area contributed by atoms with Crippen molar-refractivity contribution in [3.05, 3.63) is 95.6 Å². The van der Waals surface area contributed by atoms with Gasteiger partial charge in [0.2, 0.25) is 10.0 Å². The molecule has 1 aliphatic rings. The summed E-state index contributed by atoms with van der Waals surface area (Å²) < 4.78 is 76.8. The third-order valence-corrected chi connectivity index (χ3v) is 7.75. The Bertz CT molecular complexity index is 1350. The molecule has 1 saturated heterocycles. The molecule has 1 fully saturated rings. The Morgan fingerprint density at radius 2 is 1.78 bits per heavy atom. The normalized spacial score (nSPS) is 19.7.